The first-order valence-corrected chi connectivity index (χ1v) is 10.6. The third kappa shape index (κ3) is 5.45. The fourth-order valence-electron chi connectivity index (χ4n) is 2.14. The number of methoxy groups -OCH3 is 2. The Balaban J connectivity index is 1.88. The Morgan fingerprint density at radius 3 is 2.48 bits per heavy atom. The topological polar surface area (TPSA) is 81.7 Å². The third-order valence-corrected chi connectivity index (χ3v) is 7.18. The highest BCUT2D eigenvalue weighted by atomic mass is 79.9. The first kappa shape index (κ1) is 19.7. The van der Waals surface area contributed by atoms with E-state index in [0.29, 0.717) is 28.3 Å². The highest BCUT2D eigenvalue weighted by Crippen LogP contribution is 2.28. The van der Waals surface area contributed by atoms with Gasteiger partial charge >= 0.3 is 0 Å². The molecule has 1 aromatic heterocycles. The number of amides is 1. The minimum atomic E-state index is -3.61. The SMILES string of the molecule is COc1ccc(CCNC(=O)CS(=O)(=O)c2ccc(Br)s2)cc1OC. The number of rotatable bonds is 8. The van der Waals surface area contributed by atoms with E-state index in [9.17, 15) is 13.2 Å². The molecule has 0 unspecified atom stereocenters. The summed E-state index contributed by atoms with van der Waals surface area (Å²) in [7, 11) is -0.501. The van der Waals surface area contributed by atoms with Gasteiger partial charge in [0, 0.05) is 6.54 Å². The van der Waals surface area contributed by atoms with Crippen LogP contribution in [0.5, 0.6) is 11.5 Å². The zero-order valence-electron chi connectivity index (χ0n) is 13.7. The van der Waals surface area contributed by atoms with Crippen molar-refractivity contribution in [1.29, 1.82) is 0 Å². The van der Waals surface area contributed by atoms with Gasteiger partial charge in [0.15, 0.2) is 21.3 Å². The molecule has 0 spiro atoms. The van der Waals surface area contributed by atoms with Gasteiger partial charge in [-0.2, -0.15) is 0 Å². The summed E-state index contributed by atoms with van der Waals surface area (Å²) in [5, 5.41) is 2.63. The molecule has 2 rings (SSSR count). The van der Waals surface area contributed by atoms with E-state index in [2.05, 4.69) is 21.2 Å². The molecular formula is C16H18BrNO5S2. The van der Waals surface area contributed by atoms with Gasteiger partial charge in [0.2, 0.25) is 5.91 Å². The van der Waals surface area contributed by atoms with E-state index in [4.69, 9.17) is 9.47 Å². The van der Waals surface area contributed by atoms with Crippen LogP contribution in [0.2, 0.25) is 0 Å². The zero-order chi connectivity index (χ0) is 18.4. The van der Waals surface area contributed by atoms with Gasteiger partial charge in [0.25, 0.3) is 0 Å². The monoisotopic (exact) mass is 447 g/mol. The molecule has 0 saturated heterocycles. The van der Waals surface area contributed by atoms with E-state index in [1.54, 1.807) is 26.4 Å². The lowest BCUT2D eigenvalue weighted by atomic mass is 10.1. The number of nitrogens with one attached hydrogen (secondary N) is 1. The fraction of sp³-hybridized carbons (Fsp3) is 0.312. The van der Waals surface area contributed by atoms with E-state index >= 15 is 0 Å². The lowest BCUT2D eigenvalue weighted by Crippen LogP contribution is -2.31. The predicted octanol–water partition coefficient (Wildman–Crippen LogP) is 2.66. The van der Waals surface area contributed by atoms with Gasteiger partial charge in [-0.3, -0.25) is 4.79 Å². The van der Waals surface area contributed by atoms with Gasteiger partial charge in [0.1, 0.15) is 9.96 Å². The van der Waals surface area contributed by atoms with Crippen molar-refractivity contribution in [1.82, 2.24) is 5.32 Å². The molecule has 9 heteroatoms. The van der Waals surface area contributed by atoms with Crippen molar-refractivity contribution in [2.45, 2.75) is 10.6 Å². The number of benzene rings is 1. The molecule has 0 aliphatic carbocycles. The Kier molecular flexibility index (Phi) is 6.86. The van der Waals surface area contributed by atoms with Gasteiger partial charge in [-0.1, -0.05) is 6.07 Å². The van der Waals surface area contributed by atoms with E-state index in [-0.39, 0.29) is 4.21 Å². The molecule has 2 aromatic rings. The predicted molar refractivity (Wildman–Crippen MR) is 100 cm³/mol. The molecule has 0 aliphatic rings. The third-order valence-electron chi connectivity index (χ3n) is 3.36. The number of ether oxygens (including phenoxy) is 2. The van der Waals surface area contributed by atoms with Crippen LogP contribution >= 0.6 is 27.3 Å². The first-order valence-electron chi connectivity index (χ1n) is 7.31. The van der Waals surface area contributed by atoms with Crippen molar-refractivity contribution in [2.24, 2.45) is 0 Å². The summed E-state index contributed by atoms with van der Waals surface area (Å²) in [6.07, 6.45) is 0.552. The second-order valence-corrected chi connectivity index (χ2v) is 9.79. The largest absolute Gasteiger partial charge is 0.493 e. The fourth-order valence-corrected chi connectivity index (χ4v) is 5.40. The van der Waals surface area contributed by atoms with Gasteiger partial charge in [0.05, 0.1) is 18.0 Å². The number of carbonyl (C=O) groups excluding carboxylic acids is 1. The Bertz CT molecular complexity index is 848. The molecule has 0 fully saturated rings. The quantitative estimate of drug-likeness (QED) is 0.672. The number of hydrogen-bond donors (Lipinski definition) is 1. The molecule has 136 valence electrons. The molecule has 0 aliphatic heterocycles. The number of hydrogen-bond acceptors (Lipinski definition) is 6. The average Bonchev–Trinajstić information content (AvgIpc) is 3.01. The summed E-state index contributed by atoms with van der Waals surface area (Å²) in [5.74, 6) is 0.150. The van der Waals surface area contributed by atoms with Crippen molar-refractivity contribution in [3.05, 3.63) is 39.7 Å². The summed E-state index contributed by atoms with van der Waals surface area (Å²) < 4.78 is 35.6. The molecule has 0 atom stereocenters. The number of halogens is 1. The molecule has 6 nitrogen and oxygen atoms in total. The van der Waals surface area contributed by atoms with E-state index in [0.717, 1.165) is 16.9 Å². The van der Waals surface area contributed by atoms with Crippen molar-refractivity contribution in [3.8, 4) is 11.5 Å². The van der Waals surface area contributed by atoms with Crippen LogP contribution in [0.4, 0.5) is 0 Å². The number of carbonyl (C=O) groups is 1. The lowest BCUT2D eigenvalue weighted by Gasteiger charge is -2.10. The van der Waals surface area contributed by atoms with E-state index in [1.807, 2.05) is 12.1 Å². The molecule has 0 saturated carbocycles. The van der Waals surface area contributed by atoms with Crippen molar-refractivity contribution >= 4 is 43.0 Å². The minimum absolute atomic E-state index is 0.175. The van der Waals surface area contributed by atoms with Crippen molar-refractivity contribution < 1.29 is 22.7 Å². The molecule has 0 bridgehead atoms. The first-order chi connectivity index (χ1) is 11.9. The summed E-state index contributed by atoms with van der Waals surface area (Å²) >= 11 is 4.30. The van der Waals surface area contributed by atoms with Crippen LogP contribution in [0.15, 0.2) is 38.3 Å². The highest BCUT2D eigenvalue weighted by Gasteiger charge is 2.21. The standard InChI is InChI=1S/C16H18BrNO5S2/c1-22-12-4-3-11(9-13(12)23-2)7-8-18-15(19)10-25(20,21)16-6-5-14(17)24-16/h3-6,9H,7-8,10H2,1-2H3,(H,18,19). The van der Waals surface area contributed by atoms with Crippen LogP contribution in [0.3, 0.4) is 0 Å². The molecular weight excluding hydrogens is 430 g/mol. The average molecular weight is 448 g/mol. The van der Waals surface area contributed by atoms with Gasteiger partial charge in [-0.15, -0.1) is 11.3 Å². The molecule has 1 aromatic carbocycles. The second-order valence-electron chi connectivity index (χ2n) is 5.11. The maximum absolute atomic E-state index is 12.1. The van der Waals surface area contributed by atoms with Crippen LogP contribution in [0, 0.1) is 0 Å². The van der Waals surface area contributed by atoms with Crippen LogP contribution in [-0.2, 0) is 21.1 Å². The Hall–Kier alpha value is -1.58. The summed E-state index contributed by atoms with van der Waals surface area (Å²) in [5.41, 5.74) is 0.947. The van der Waals surface area contributed by atoms with Crippen LogP contribution in [0.25, 0.3) is 0 Å². The Labute approximate surface area is 159 Å². The summed E-state index contributed by atoms with van der Waals surface area (Å²) in [6.45, 7) is 0.331. The van der Waals surface area contributed by atoms with Gasteiger partial charge < -0.3 is 14.8 Å². The molecule has 1 N–H and O–H groups in total. The molecule has 1 heterocycles. The normalized spacial score (nSPS) is 11.2. The van der Waals surface area contributed by atoms with Crippen molar-refractivity contribution in [3.63, 3.8) is 0 Å². The summed E-state index contributed by atoms with van der Waals surface area (Å²) in [6, 6.07) is 8.61. The van der Waals surface area contributed by atoms with Crippen LogP contribution < -0.4 is 14.8 Å². The van der Waals surface area contributed by atoms with Gasteiger partial charge in [-0.05, 0) is 52.2 Å². The zero-order valence-corrected chi connectivity index (χ0v) is 17.0. The maximum Gasteiger partial charge on any atom is 0.235 e. The summed E-state index contributed by atoms with van der Waals surface area (Å²) in [4.78, 5) is 11.9. The number of sulfone groups is 1. The lowest BCUT2D eigenvalue weighted by molar-refractivity contribution is -0.118. The Morgan fingerprint density at radius 1 is 1.16 bits per heavy atom. The second kappa shape index (κ2) is 8.68. The van der Waals surface area contributed by atoms with Crippen LogP contribution in [0.1, 0.15) is 5.56 Å². The smallest absolute Gasteiger partial charge is 0.235 e. The van der Waals surface area contributed by atoms with Gasteiger partial charge in [-0.25, -0.2) is 8.42 Å². The molecule has 25 heavy (non-hydrogen) atoms. The number of thiophene rings is 1. The highest BCUT2D eigenvalue weighted by molar-refractivity contribution is 9.11. The maximum atomic E-state index is 12.1. The molecule has 0 radical (unpaired) electrons. The molecule has 1 amide bonds. The van der Waals surface area contributed by atoms with Crippen LogP contribution in [-0.4, -0.2) is 40.8 Å². The minimum Gasteiger partial charge on any atom is -0.493 e. The van der Waals surface area contributed by atoms with E-state index in [1.165, 1.54) is 6.07 Å². The van der Waals surface area contributed by atoms with E-state index < -0.39 is 21.5 Å². The van der Waals surface area contributed by atoms with Crippen molar-refractivity contribution in [2.75, 3.05) is 26.5 Å². The Morgan fingerprint density at radius 2 is 1.88 bits per heavy atom.